The molecule has 7 heteroatoms. The number of nitrogens with zero attached hydrogens (tertiary/aromatic N) is 2. The summed E-state index contributed by atoms with van der Waals surface area (Å²) in [7, 11) is 4.84. The van der Waals surface area contributed by atoms with Crippen LogP contribution in [0.4, 0.5) is 5.69 Å². The van der Waals surface area contributed by atoms with E-state index < -0.39 is 10.1 Å². The molecule has 0 heterocycles. The van der Waals surface area contributed by atoms with Crippen LogP contribution in [-0.2, 0) is 10.1 Å². The van der Waals surface area contributed by atoms with Gasteiger partial charge in [0.2, 0.25) is 5.71 Å². The maximum Gasteiger partial charge on any atom is 0.298 e. The number of allylic oxidation sites excluding steroid dienone is 5. The molecule has 0 aliphatic heterocycles. The smallest absolute Gasteiger partial charge is 0.298 e. The van der Waals surface area contributed by atoms with Crippen molar-refractivity contribution < 1.29 is 22.3 Å². The van der Waals surface area contributed by atoms with E-state index in [-0.39, 0.29) is 10.6 Å². The van der Waals surface area contributed by atoms with Crippen LogP contribution in [0, 0.1) is 0 Å². The summed E-state index contributed by atoms with van der Waals surface area (Å²) in [4.78, 5) is 1.75. The molecule has 0 fully saturated rings. The summed E-state index contributed by atoms with van der Waals surface area (Å²) in [5.74, 6) is 0.0945. The van der Waals surface area contributed by atoms with Crippen molar-refractivity contribution >= 4 is 27.1 Å². The van der Waals surface area contributed by atoms with Crippen LogP contribution < -0.4 is 9.64 Å². The van der Waals surface area contributed by atoms with E-state index in [0.717, 1.165) is 28.1 Å². The number of methoxy groups -OCH3 is 1. The number of rotatable bonds is 6. The zero-order valence-corrected chi connectivity index (χ0v) is 19.1. The molecule has 2 aromatic carbocycles. The van der Waals surface area contributed by atoms with E-state index in [1.807, 2.05) is 86.2 Å². The van der Waals surface area contributed by atoms with Crippen molar-refractivity contribution in [2.24, 2.45) is 0 Å². The molecule has 0 saturated carbocycles. The van der Waals surface area contributed by atoms with Crippen molar-refractivity contribution in [2.45, 2.75) is 4.90 Å². The van der Waals surface area contributed by atoms with Crippen LogP contribution in [0.5, 0.6) is 5.75 Å². The van der Waals surface area contributed by atoms with E-state index >= 15 is 0 Å². The van der Waals surface area contributed by atoms with Gasteiger partial charge in [0.15, 0.2) is 0 Å². The summed E-state index contributed by atoms with van der Waals surface area (Å²) in [6.45, 7) is 0. The zero-order valence-electron chi connectivity index (χ0n) is 18.3. The Morgan fingerprint density at radius 1 is 1.03 bits per heavy atom. The molecule has 0 spiro atoms. The van der Waals surface area contributed by atoms with Crippen LogP contribution in [0.15, 0.2) is 77.2 Å². The highest BCUT2D eigenvalue weighted by Gasteiger charge is 2.20. The predicted molar refractivity (Wildman–Crippen MR) is 125 cm³/mol. The lowest BCUT2D eigenvalue weighted by molar-refractivity contribution is -0.463. The van der Waals surface area contributed by atoms with Gasteiger partial charge in [0.25, 0.3) is 10.1 Å². The van der Waals surface area contributed by atoms with Gasteiger partial charge in [-0.2, -0.15) is 8.42 Å². The first-order valence-corrected chi connectivity index (χ1v) is 11.1. The summed E-state index contributed by atoms with van der Waals surface area (Å²) in [5.41, 5.74) is 5.65. The highest BCUT2D eigenvalue weighted by molar-refractivity contribution is 7.86. The first kappa shape index (κ1) is 22.5. The number of benzene rings is 2. The van der Waals surface area contributed by atoms with Gasteiger partial charge in [-0.1, -0.05) is 24.3 Å². The lowest BCUT2D eigenvalue weighted by Gasteiger charge is -2.15. The predicted octanol–water partition coefficient (Wildman–Crippen LogP) is 3.65. The van der Waals surface area contributed by atoms with Gasteiger partial charge in [0.05, 0.1) is 7.11 Å². The lowest BCUT2D eigenvalue weighted by Crippen LogP contribution is -2.18. The molecular formula is C24H27N2O4S+. The van der Waals surface area contributed by atoms with Crippen molar-refractivity contribution in [1.29, 1.82) is 0 Å². The summed E-state index contributed by atoms with van der Waals surface area (Å²) < 4.78 is 40.6. The van der Waals surface area contributed by atoms with E-state index in [0.29, 0.717) is 5.56 Å². The number of hydrogen-bond acceptors (Lipinski definition) is 4. The largest absolute Gasteiger partial charge is 0.495 e. The third-order valence-electron chi connectivity index (χ3n) is 5.08. The van der Waals surface area contributed by atoms with Crippen LogP contribution in [0.2, 0.25) is 0 Å². The van der Waals surface area contributed by atoms with E-state index in [9.17, 15) is 13.0 Å². The van der Waals surface area contributed by atoms with Crippen molar-refractivity contribution in [3.63, 3.8) is 0 Å². The number of ether oxygens (including phenoxy) is 1. The van der Waals surface area contributed by atoms with E-state index in [4.69, 9.17) is 4.74 Å². The number of anilines is 1. The SMILES string of the molecule is COc1ccc(C(=CC=C2C=CC2=[N+](C)C)c2ccc(N(C)C)cc2)cc1S(=O)(=O)O. The fourth-order valence-electron chi connectivity index (χ4n) is 3.32. The van der Waals surface area contributed by atoms with Crippen LogP contribution in [-0.4, -0.2) is 58.6 Å². The van der Waals surface area contributed by atoms with Gasteiger partial charge in [-0.15, -0.1) is 0 Å². The van der Waals surface area contributed by atoms with Crippen LogP contribution in [0.25, 0.3) is 5.57 Å². The molecule has 0 bridgehead atoms. The second-order valence-electron chi connectivity index (χ2n) is 7.60. The minimum Gasteiger partial charge on any atom is -0.495 e. The molecule has 3 rings (SSSR count). The summed E-state index contributed by atoms with van der Waals surface area (Å²) in [6.07, 6.45) is 8.02. The summed E-state index contributed by atoms with van der Waals surface area (Å²) >= 11 is 0. The zero-order chi connectivity index (χ0) is 22.8. The second-order valence-corrected chi connectivity index (χ2v) is 8.99. The van der Waals surface area contributed by atoms with Crippen molar-refractivity contribution in [1.82, 2.24) is 0 Å². The Labute approximate surface area is 183 Å². The normalized spacial score (nSPS) is 15.1. The maximum atomic E-state index is 11.9. The molecule has 6 nitrogen and oxygen atoms in total. The molecule has 0 saturated heterocycles. The van der Waals surface area contributed by atoms with Gasteiger partial charge in [-0.3, -0.25) is 4.55 Å². The van der Waals surface area contributed by atoms with E-state index in [1.165, 1.54) is 13.2 Å². The first-order chi connectivity index (χ1) is 14.6. The quantitative estimate of drug-likeness (QED) is 0.550. The van der Waals surface area contributed by atoms with Crippen LogP contribution in [0.3, 0.4) is 0 Å². The Kier molecular flexibility index (Phi) is 6.48. The van der Waals surface area contributed by atoms with Gasteiger partial charge in [-0.05, 0) is 53.1 Å². The molecule has 162 valence electrons. The Morgan fingerprint density at radius 3 is 2.16 bits per heavy atom. The van der Waals surface area contributed by atoms with Gasteiger partial charge in [-0.25, -0.2) is 4.58 Å². The van der Waals surface area contributed by atoms with Crippen molar-refractivity contribution in [3.8, 4) is 5.75 Å². The summed E-state index contributed by atoms with van der Waals surface area (Å²) in [6, 6.07) is 12.8. The molecule has 0 amide bonds. The fraction of sp³-hybridized carbons (Fsp3) is 0.208. The molecule has 1 N–H and O–H groups in total. The van der Waals surface area contributed by atoms with Crippen LogP contribution >= 0.6 is 0 Å². The monoisotopic (exact) mass is 439 g/mol. The molecular weight excluding hydrogens is 412 g/mol. The van der Waals surface area contributed by atoms with Crippen LogP contribution in [0.1, 0.15) is 11.1 Å². The maximum absolute atomic E-state index is 11.9. The van der Waals surface area contributed by atoms with E-state index in [1.54, 1.807) is 12.1 Å². The Hall–Kier alpha value is -3.16. The topological polar surface area (TPSA) is 69.8 Å². The third-order valence-corrected chi connectivity index (χ3v) is 5.95. The van der Waals surface area contributed by atoms with E-state index in [2.05, 4.69) is 0 Å². The standard InChI is InChI=1S/C24H26N2O4S/c1-25(2)20-11-6-17(7-12-20)21(13-8-18-9-14-22(18)26(3)4)19-10-15-23(30-5)24(16-19)31(27,28)29/h6-16H,1-5H3/p+1. The summed E-state index contributed by atoms with van der Waals surface area (Å²) in [5, 5.41) is 0. The van der Waals surface area contributed by atoms with Gasteiger partial charge >= 0.3 is 0 Å². The highest BCUT2D eigenvalue weighted by Crippen LogP contribution is 2.32. The third kappa shape index (κ3) is 4.95. The second kappa shape index (κ2) is 8.91. The van der Waals surface area contributed by atoms with Gasteiger partial charge in [0.1, 0.15) is 24.7 Å². The average Bonchev–Trinajstić information content (AvgIpc) is 2.69. The van der Waals surface area contributed by atoms with Crippen molar-refractivity contribution in [3.05, 3.63) is 83.5 Å². The molecule has 0 aromatic heterocycles. The van der Waals surface area contributed by atoms with Gasteiger partial charge in [0, 0.05) is 31.4 Å². The molecule has 1 aliphatic rings. The van der Waals surface area contributed by atoms with Gasteiger partial charge < -0.3 is 9.64 Å². The van der Waals surface area contributed by atoms with Crippen molar-refractivity contribution in [2.75, 3.05) is 40.2 Å². The minimum absolute atomic E-state index is 0.0945. The molecule has 1 aliphatic carbocycles. The number of hydrogen-bond donors (Lipinski definition) is 1. The lowest BCUT2D eigenvalue weighted by atomic mass is 9.94. The molecule has 0 atom stereocenters. The average molecular weight is 440 g/mol. The molecule has 0 unspecified atom stereocenters. The minimum atomic E-state index is -4.44. The molecule has 31 heavy (non-hydrogen) atoms. The Balaban J connectivity index is 2.17. The molecule has 0 radical (unpaired) electrons. The Bertz CT molecular complexity index is 1210. The Morgan fingerprint density at radius 2 is 1.68 bits per heavy atom. The molecule has 2 aromatic rings. The fourth-order valence-corrected chi connectivity index (χ4v) is 4.00. The highest BCUT2D eigenvalue weighted by atomic mass is 32.2. The first-order valence-electron chi connectivity index (χ1n) is 9.70.